The molecule has 0 saturated heterocycles. The molecular formula is C14H33N3O. The van der Waals surface area contributed by atoms with E-state index in [1.165, 1.54) is 19.3 Å². The summed E-state index contributed by atoms with van der Waals surface area (Å²) in [6.07, 6.45) is 5.60. The molecule has 0 radical (unpaired) electrons. The number of aliphatic hydroxyl groups is 1. The molecule has 0 heterocycles. The zero-order chi connectivity index (χ0) is 13.8. The molecule has 0 bridgehead atoms. The molecule has 0 rings (SSSR count). The third-order valence-electron chi connectivity index (χ3n) is 3.01. The van der Waals surface area contributed by atoms with Crippen molar-refractivity contribution in [1.29, 1.82) is 0 Å². The highest BCUT2D eigenvalue weighted by Crippen LogP contribution is 2.04. The lowest BCUT2D eigenvalue weighted by Gasteiger charge is -2.17. The summed E-state index contributed by atoms with van der Waals surface area (Å²) in [7, 11) is 0. The van der Waals surface area contributed by atoms with E-state index >= 15 is 0 Å². The molecule has 0 amide bonds. The quantitative estimate of drug-likeness (QED) is 0.398. The minimum absolute atomic E-state index is 0.191. The highest BCUT2D eigenvalue weighted by atomic mass is 16.3. The Balaban J connectivity index is 3.35. The first-order valence-corrected chi connectivity index (χ1v) is 7.44. The van der Waals surface area contributed by atoms with Crippen molar-refractivity contribution < 1.29 is 5.11 Å². The summed E-state index contributed by atoms with van der Waals surface area (Å²) in [5.41, 5.74) is 5.67. The van der Waals surface area contributed by atoms with Gasteiger partial charge in [-0.3, -0.25) is 0 Å². The summed E-state index contributed by atoms with van der Waals surface area (Å²) in [5.74, 6) is 0. The molecule has 4 nitrogen and oxygen atoms in total. The Bertz CT molecular complexity index is 176. The largest absolute Gasteiger partial charge is 0.392 e. The van der Waals surface area contributed by atoms with E-state index < -0.39 is 0 Å². The van der Waals surface area contributed by atoms with Gasteiger partial charge in [0.15, 0.2) is 0 Å². The van der Waals surface area contributed by atoms with Gasteiger partial charge in [0.2, 0.25) is 0 Å². The van der Waals surface area contributed by atoms with E-state index in [-0.39, 0.29) is 12.1 Å². The topological polar surface area (TPSA) is 70.3 Å². The predicted molar refractivity (Wildman–Crippen MR) is 78.7 cm³/mol. The number of hydrogen-bond donors (Lipinski definition) is 4. The maximum absolute atomic E-state index is 9.78. The Morgan fingerprint density at radius 1 is 1.06 bits per heavy atom. The number of nitrogens with one attached hydrogen (secondary N) is 2. The molecule has 4 heteroatoms. The smallest absolute Gasteiger partial charge is 0.0664 e. The van der Waals surface area contributed by atoms with Gasteiger partial charge in [-0.2, -0.15) is 0 Å². The van der Waals surface area contributed by atoms with Crippen LogP contribution >= 0.6 is 0 Å². The first-order chi connectivity index (χ1) is 8.56. The van der Waals surface area contributed by atoms with Gasteiger partial charge in [0.05, 0.1) is 6.10 Å². The lowest BCUT2D eigenvalue weighted by atomic mass is 10.1. The van der Waals surface area contributed by atoms with Gasteiger partial charge in [-0.25, -0.2) is 0 Å². The predicted octanol–water partition coefficient (Wildman–Crippen LogP) is 1.23. The number of hydrogen-bond acceptors (Lipinski definition) is 4. The fraction of sp³-hybridized carbons (Fsp3) is 1.00. The average molecular weight is 259 g/mol. The zero-order valence-corrected chi connectivity index (χ0v) is 12.4. The molecule has 0 aliphatic heterocycles. The maximum Gasteiger partial charge on any atom is 0.0664 e. The highest BCUT2D eigenvalue weighted by Gasteiger charge is 2.05. The van der Waals surface area contributed by atoms with E-state index in [0.29, 0.717) is 12.6 Å². The number of nitrogens with two attached hydrogens (primary N) is 1. The van der Waals surface area contributed by atoms with Crippen LogP contribution in [0.2, 0.25) is 0 Å². The van der Waals surface area contributed by atoms with Crippen LogP contribution in [0.1, 0.15) is 52.9 Å². The van der Waals surface area contributed by atoms with Crippen molar-refractivity contribution in [1.82, 2.24) is 10.6 Å². The second-order valence-electron chi connectivity index (χ2n) is 5.45. The third-order valence-corrected chi connectivity index (χ3v) is 3.01. The molecule has 5 N–H and O–H groups in total. The molecule has 0 saturated carbocycles. The lowest BCUT2D eigenvalue weighted by molar-refractivity contribution is 0.157. The van der Waals surface area contributed by atoms with Crippen molar-refractivity contribution in [2.75, 3.05) is 19.6 Å². The van der Waals surface area contributed by atoms with Gasteiger partial charge in [-0.15, -0.1) is 0 Å². The van der Waals surface area contributed by atoms with E-state index in [4.69, 9.17) is 5.73 Å². The maximum atomic E-state index is 9.78. The van der Waals surface area contributed by atoms with Gasteiger partial charge in [-0.05, 0) is 20.3 Å². The normalized spacial score (nSPS) is 16.5. The van der Waals surface area contributed by atoms with E-state index in [9.17, 15) is 5.11 Å². The van der Waals surface area contributed by atoms with Crippen LogP contribution in [-0.2, 0) is 0 Å². The third kappa shape index (κ3) is 12.3. The monoisotopic (exact) mass is 259 g/mol. The van der Waals surface area contributed by atoms with Gasteiger partial charge in [-0.1, -0.05) is 32.6 Å². The summed E-state index contributed by atoms with van der Waals surface area (Å²) in [5, 5.41) is 16.4. The number of unbranched alkanes of at least 4 members (excludes halogenated alkanes) is 3. The molecule has 0 spiro atoms. The van der Waals surface area contributed by atoms with Crippen LogP contribution in [0.25, 0.3) is 0 Å². The molecule has 18 heavy (non-hydrogen) atoms. The van der Waals surface area contributed by atoms with Crippen molar-refractivity contribution in [2.24, 2.45) is 5.73 Å². The fourth-order valence-electron chi connectivity index (χ4n) is 1.83. The molecule has 3 unspecified atom stereocenters. The summed E-state index contributed by atoms with van der Waals surface area (Å²) >= 11 is 0. The molecule has 0 aromatic carbocycles. The van der Waals surface area contributed by atoms with Crippen LogP contribution in [0, 0.1) is 0 Å². The molecule has 0 aliphatic carbocycles. The molecule has 3 atom stereocenters. The highest BCUT2D eigenvalue weighted by molar-refractivity contribution is 4.69. The second kappa shape index (κ2) is 11.9. The van der Waals surface area contributed by atoms with E-state index in [0.717, 1.165) is 25.9 Å². The molecule has 0 fully saturated rings. The second-order valence-corrected chi connectivity index (χ2v) is 5.45. The van der Waals surface area contributed by atoms with E-state index in [1.54, 1.807) is 0 Å². The van der Waals surface area contributed by atoms with Gasteiger partial charge >= 0.3 is 0 Å². The summed E-state index contributed by atoms with van der Waals surface area (Å²) < 4.78 is 0. The van der Waals surface area contributed by atoms with E-state index in [2.05, 4.69) is 24.5 Å². The van der Waals surface area contributed by atoms with Crippen LogP contribution < -0.4 is 16.4 Å². The van der Waals surface area contributed by atoms with Gasteiger partial charge in [0, 0.05) is 31.7 Å². The van der Waals surface area contributed by atoms with Gasteiger partial charge in [0.1, 0.15) is 0 Å². The Kier molecular flexibility index (Phi) is 11.8. The van der Waals surface area contributed by atoms with Crippen LogP contribution in [0.15, 0.2) is 0 Å². The minimum Gasteiger partial charge on any atom is -0.392 e. The summed E-state index contributed by atoms with van der Waals surface area (Å²) in [6, 6.07) is 0.583. The first kappa shape index (κ1) is 17.8. The van der Waals surface area contributed by atoms with Crippen molar-refractivity contribution in [3.8, 4) is 0 Å². The minimum atomic E-state index is -0.206. The molecule has 110 valence electrons. The lowest BCUT2D eigenvalue weighted by Crippen LogP contribution is -2.43. The molecule has 0 aliphatic rings. The average Bonchev–Trinajstić information content (AvgIpc) is 2.32. The zero-order valence-electron chi connectivity index (χ0n) is 12.4. The van der Waals surface area contributed by atoms with Gasteiger partial charge in [0.25, 0.3) is 0 Å². The van der Waals surface area contributed by atoms with Crippen LogP contribution in [0.5, 0.6) is 0 Å². The SMILES string of the molecule is CCCCCCC(O)CNCC(C)NCC(C)N. The Hall–Kier alpha value is -0.160. The number of aliphatic hydroxyl groups excluding tert-OH is 1. The molecule has 0 aromatic rings. The van der Waals surface area contributed by atoms with Gasteiger partial charge < -0.3 is 21.5 Å². The van der Waals surface area contributed by atoms with Crippen molar-refractivity contribution in [3.05, 3.63) is 0 Å². The Morgan fingerprint density at radius 2 is 1.78 bits per heavy atom. The summed E-state index contributed by atoms with van der Waals surface area (Å²) in [4.78, 5) is 0. The Labute approximate surface area is 113 Å². The van der Waals surface area contributed by atoms with Crippen molar-refractivity contribution >= 4 is 0 Å². The summed E-state index contributed by atoms with van der Waals surface area (Å²) in [6.45, 7) is 8.72. The van der Waals surface area contributed by atoms with E-state index in [1.807, 2.05) is 6.92 Å². The molecular weight excluding hydrogens is 226 g/mol. The Morgan fingerprint density at radius 3 is 2.39 bits per heavy atom. The number of rotatable bonds is 12. The van der Waals surface area contributed by atoms with Crippen LogP contribution in [0.4, 0.5) is 0 Å². The first-order valence-electron chi connectivity index (χ1n) is 7.44. The molecule has 0 aromatic heterocycles. The van der Waals surface area contributed by atoms with Crippen LogP contribution in [-0.4, -0.2) is 42.9 Å². The fourth-order valence-corrected chi connectivity index (χ4v) is 1.83. The van der Waals surface area contributed by atoms with Crippen LogP contribution in [0.3, 0.4) is 0 Å². The standard InChI is InChI=1S/C14H33N3O/c1-4-5-6-7-8-14(18)11-16-10-13(3)17-9-12(2)15/h12-14,16-18H,4-11,15H2,1-3H3. The van der Waals surface area contributed by atoms with Crippen molar-refractivity contribution in [3.63, 3.8) is 0 Å². The van der Waals surface area contributed by atoms with Crippen molar-refractivity contribution in [2.45, 2.75) is 71.1 Å².